The number of amides is 2. The van der Waals surface area contributed by atoms with Crippen molar-refractivity contribution in [3.8, 4) is 11.5 Å². The Morgan fingerprint density at radius 3 is 2.86 bits per heavy atom. The summed E-state index contributed by atoms with van der Waals surface area (Å²) in [4.78, 5) is 33.0. The molecule has 8 nitrogen and oxygen atoms in total. The number of fused-ring (bicyclic) bond motifs is 1. The quantitative estimate of drug-likeness (QED) is 0.694. The first kappa shape index (κ1) is 18.0. The van der Waals surface area contributed by atoms with Gasteiger partial charge in [0.05, 0.1) is 11.4 Å². The van der Waals surface area contributed by atoms with Crippen molar-refractivity contribution in [2.24, 2.45) is 0 Å². The number of H-pyrrole nitrogens is 1. The SMILES string of the molecule is O=C(CN1C(=O)CSc2cc(F)c(F)cc21)Nc1nnc(-c2ccccn2)[nH]1. The number of aromatic nitrogens is 4. The van der Waals surface area contributed by atoms with Crippen LogP contribution >= 0.6 is 11.8 Å². The van der Waals surface area contributed by atoms with Gasteiger partial charge in [-0.3, -0.25) is 19.9 Å². The topological polar surface area (TPSA) is 104 Å². The number of nitrogens with zero attached hydrogens (tertiary/aromatic N) is 4. The van der Waals surface area contributed by atoms with Crippen LogP contribution in [0, 0.1) is 11.6 Å². The van der Waals surface area contributed by atoms with Crippen LogP contribution in [0.25, 0.3) is 11.5 Å². The maximum Gasteiger partial charge on any atom is 0.246 e. The van der Waals surface area contributed by atoms with Crippen molar-refractivity contribution in [2.45, 2.75) is 4.90 Å². The van der Waals surface area contributed by atoms with Gasteiger partial charge in [-0.2, -0.15) is 0 Å². The first-order valence-electron chi connectivity index (χ1n) is 8.07. The highest BCUT2D eigenvalue weighted by molar-refractivity contribution is 8.00. The second kappa shape index (κ2) is 7.35. The molecule has 3 heterocycles. The molecule has 0 atom stereocenters. The third-order valence-electron chi connectivity index (χ3n) is 3.90. The van der Waals surface area contributed by atoms with E-state index < -0.39 is 17.5 Å². The van der Waals surface area contributed by atoms with E-state index in [2.05, 4.69) is 25.5 Å². The maximum atomic E-state index is 13.6. The molecule has 2 aromatic heterocycles. The fraction of sp³-hybridized carbons (Fsp3) is 0.118. The Bertz CT molecular complexity index is 1060. The Morgan fingerprint density at radius 1 is 1.25 bits per heavy atom. The Kier molecular flexibility index (Phi) is 4.74. The predicted molar refractivity (Wildman–Crippen MR) is 97.7 cm³/mol. The van der Waals surface area contributed by atoms with E-state index in [1.54, 1.807) is 24.4 Å². The van der Waals surface area contributed by atoms with Gasteiger partial charge in [0.15, 0.2) is 17.5 Å². The van der Waals surface area contributed by atoms with Crippen LogP contribution < -0.4 is 10.2 Å². The van der Waals surface area contributed by atoms with Crippen LogP contribution in [-0.2, 0) is 9.59 Å². The van der Waals surface area contributed by atoms with Crippen molar-refractivity contribution < 1.29 is 18.4 Å². The van der Waals surface area contributed by atoms with Gasteiger partial charge < -0.3 is 9.88 Å². The molecule has 1 aromatic carbocycles. The molecule has 0 bridgehead atoms. The second-order valence-electron chi connectivity index (χ2n) is 5.79. The van der Waals surface area contributed by atoms with Gasteiger partial charge in [0.25, 0.3) is 0 Å². The summed E-state index contributed by atoms with van der Waals surface area (Å²) < 4.78 is 27.0. The van der Waals surface area contributed by atoms with Gasteiger partial charge in [-0.05, 0) is 18.2 Å². The monoisotopic (exact) mass is 402 g/mol. The minimum Gasteiger partial charge on any atom is -0.306 e. The zero-order chi connectivity index (χ0) is 19.7. The molecule has 28 heavy (non-hydrogen) atoms. The highest BCUT2D eigenvalue weighted by atomic mass is 32.2. The number of hydrogen-bond acceptors (Lipinski definition) is 6. The summed E-state index contributed by atoms with van der Waals surface area (Å²) in [6.45, 7) is -0.378. The minimum atomic E-state index is -1.09. The molecule has 0 aliphatic carbocycles. The molecule has 1 aliphatic rings. The number of anilines is 2. The zero-order valence-electron chi connectivity index (χ0n) is 14.1. The minimum absolute atomic E-state index is 0.0253. The number of carbonyl (C=O) groups excluding carboxylic acids is 2. The lowest BCUT2D eigenvalue weighted by molar-refractivity contribution is -0.120. The van der Waals surface area contributed by atoms with E-state index in [9.17, 15) is 18.4 Å². The van der Waals surface area contributed by atoms with E-state index in [0.717, 1.165) is 28.8 Å². The summed E-state index contributed by atoms with van der Waals surface area (Å²) in [6, 6.07) is 7.18. The average molecular weight is 402 g/mol. The number of benzene rings is 1. The smallest absolute Gasteiger partial charge is 0.246 e. The largest absolute Gasteiger partial charge is 0.306 e. The molecule has 0 saturated heterocycles. The van der Waals surface area contributed by atoms with Crippen LogP contribution in [0.4, 0.5) is 20.4 Å². The van der Waals surface area contributed by atoms with Crippen LogP contribution in [0.1, 0.15) is 0 Å². The van der Waals surface area contributed by atoms with Crippen molar-refractivity contribution in [3.63, 3.8) is 0 Å². The number of hydrogen-bond donors (Lipinski definition) is 2. The first-order valence-corrected chi connectivity index (χ1v) is 9.06. The maximum absolute atomic E-state index is 13.6. The molecule has 4 rings (SSSR count). The van der Waals surface area contributed by atoms with Gasteiger partial charge in [0, 0.05) is 17.2 Å². The number of nitrogens with one attached hydrogen (secondary N) is 2. The van der Waals surface area contributed by atoms with Gasteiger partial charge >= 0.3 is 0 Å². The lowest BCUT2D eigenvalue weighted by atomic mass is 10.2. The van der Waals surface area contributed by atoms with Crippen molar-refractivity contribution in [2.75, 3.05) is 22.5 Å². The standard InChI is InChI=1S/C17H12F2N6O2S/c18-9-5-12-13(6-10(9)19)28-8-15(27)25(12)7-14(26)21-17-22-16(23-24-17)11-3-1-2-4-20-11/h1-6H,7-8H2,(H2,21,22,23,24,26). The molecule has 0 fully saturated rings. The van der Waals surface area contributed by atoms with Crippen molar-refractivity contribution in [1.29, 1.82) is 0 Å². The molecule has 2 N–H and O–H groups in total. The van der Waals surface area contributed by atoms with E-state index >= 15 is 0 Å². The van der Waals surface area contributed by atoms with Crippen LogP contribution in [0.5, 0.6) is 0 Å². The zero-order valence-corrected chi connectivity index (χ0v) is 15.0. The first-order chi connectivity index (χ1) is 13.5. The fourth-order valence-electron chi connectivity index (χ4n) is 2.62. The Morgan fingerprint density at radius 2 is 2.07 bits per heavy atom. The van der Waals surface area contributed by atoms with Crippen LogP contribution in [0.3, 0.4) is 0 Å². The summed E-state index contributed by atoms with van der Waals surface area (Å²) in [5.74, 6) is -2.58. The summed E-state index contributed by atoms with van der Waals surface area (Å²) in [6.07, 6.45) is 1.59. The van der Waals surface area contributed by atoms with Crippen molar-refractivity contribution >= 4 is 35.2 Å². The molecular weight excluding hydrogens is 390 g/mol. The highest BCUT2D eigenvalue weighted by Crippen LogP contribution is 2.36. The third-order valence-corrected chi connectivity index (χ3v) is 4.93. The average Bonchev–Trinajstić information content (AvgIpc) is 3.15. The number of carbonyl (C=O) groups is 2. The van der Waals surface area contributed by atoms with Gasteiger partial charge in [0.2, 0.25) is 17.8 Å². The lowest BCUT2D eigenvalue weighted by Gasteiger charge is -2.28. The summed E-state index contributed by atoms with van der Waals surface area (Å²) in [5.41, 5.74) is 0.701. The van der Waals surface area contributed by atoms with E-state index in [4.69, 9.17) is 0 Å². The summed E-state index contributed by atoms with van der Waals surface area (Å²) in [5, 5.41) is 10.2. The van der Waals surface area contributed by atoms with E-state index in [1.165, 1.54) is 0 Å². The molecule has 2 amide bonds. The molecular formula is C17H12F2N6O2S. The second-order valence-corrected chi connectivity index (χ2v) is 6.81. The molecule has 0 unspecified atom stereocenters. The van der Waals surface area contributed by atoms with Gasteiger partial charge in [0.1, 0.15) is 12.2 Å². The predicted octanol–water partition coefficient (Wildman–Crippen LogP) is 2.22. The Hall–Kier alpha value is -3.34. The van der Waals surface area contributed by atoms with Crippen LogP contribution in [0.15, 0.2) is 41.4 Å². The number of halogens is 2. The molecule has 0 spiro atoms. The van der Waals surface area contributed by atoms with Gasteiger partial charge in [-0.1, -0.05) is 6.07 Å². The van der Waals surface area contributed by atoms with Gasteiger partial charge in [-0.25, -0.2) is 8.78 Å². The van der Waals surface area contributed by atoms with Crippen LogP contribution in [0.2, 0.25) is 0 Å². The number of aromatic amines is 1. The Balaban J connectivity index is 1.50. The summed E-state index contributed by atoms with van der Waals surface area (Å²) >= 11 is 1.09. The van der Waals surface area contributed by atoms with Crippen molar-refractivity contribution in [1.82, 2.24) is 20.2 Å². The highest BCUT2D eigenvalue weighted by Gasteiger charge is 2.28. The van der Waals surface area contributed by atoms with E-state index in [-0.39, 0.29) is 29.8 Å². The number of rotatable bonds is 4. The molecule has 0 saturated carbocycles. The lowest BCUT2D eigenvalue weighted by Crippen LogP contribution is -2.41. The molecule has 11 heteroatoms. The van der Waals surface area contributed by atoms with Crippen LogP contribution in [-0.4, -0.2) is 44.3 Å². The molecule has 142 valence electrons. The molecule has 0 radical (unpaired) electrons. The Labute approximate surface area is 161 Å². The normalized spacial score (nSPS) is 13.4. The number of pyridine rings is 1. The number of thioether (sulfide) groups is 1. The van der Waals surface area contributed by atoms with E-state index in [1.807, 2.05) is 0 Å². The molecule has 1 aliphatic heterocycles. The van der Waals surface area contributed by atoms with E-state index in [0.29, 0.717) is 16.4 Å². The molecule has 3 aromatic rings. The van der Waals surface area contributed by atoms with Crippen molar-refractivity contribution in [3.05, 3.63) is 48.2 Å². The fourth-order valence-corrected chi connectivity index (χ4v) is 3.56. The third kappa shape index (κ3) is 3.56. The van der Waals surface area contributed by atoms with Gasteiger partial charge in [-0.15, -0.1) is 22.0 Å². The summed E-state index contributed by atoms with van der Waals surface area (Å²) in [7, 11) is 0.